The number of aromatic nitrogens is 2. The standard InChI is InChI=1S/C21H24N2O5S.CO2.CH4/c1-5-15-12(2)16-17(25)23(21(3,4)19(26)27)20(28)22(18(16)29-15)11-14(24)13-9-7-6-8-10-13;2-1-3;/h6-10,14,24H,5,11H2,1-4H3,(H,26,27);;1H4/t14-;;/m0../s1. The number of hydrogen-bond acceptors (Lipinski definition) is 7. The number of hydrogen-bond donors (Lipinski definition) is 2. The molecule has 0 amide bonds. The Morgan fingerprint density at radius 3 is 2.21 bits per heavy atom. The number of benzene rings is 1. The molecule has 33 heavy (non-hydrogen) atoms. The largest absolute Gasteiger partial charge is 0.480 e. The summed E-state index contributed by atoms with van der Waals surface area (Å²) in [6.07, 6.45) is -0.0500. The third kappa shape index (κ3) is 5.19. The zero-order chi connectivity index (χ0) is 24.2. The summed E-state index contributed by atoms with van der Waals surface area (Å²) >= 11 is 1.33. The van der Waals surface area contributed by atoms with Gasteiger partial charge in [0.25, 0.3) is 5.56 Å². The number of rotatable bonds is 6. The van der Waals surface area contributed by atoms with Gasteiger partial charge in [-0.3, -0.25) is 9.36 Å². The van der Waals surface area contributed by atoms with Crippen molar-refractivity contribution in [2.45, 2.75) is 59.7 Å². The maximum absolute atomic E-state index is 13.3. The SMILES string of the molecule is C.CCc1sc2c(c1C)c(=O)n(C(C)(C)C(=O)O)c(=O)n2C[C@H](O)c1ccccc1.O=C=O. The number of carbonyl (C=O) groups excluding carboxylic acids is 2. The molecule has 0 bridgehead atoms. The third-order valence-electron chi connectivity index (χ3n) is 5.25. The molecule has 10 heteroatoms. The molecule has 1 aromatic carbocycles. The molecule has 2 aromatic heterocycles. The average molecular weight is 477 g/mol. The first-order valence-electron chi connectivity index (χ1n) is 9.76. The first kappa shape index (κ1) is 27.7. The van der Waals surface area contributed by atoms with E-state index in [1.807, 2.05) is 13.0 Å². The van der Waals surface area contributed by atoms with Gasteiger partial charge in [-0.05, 0) is 38.3 Å². The topological polar surface area (TPSA) is 136 Å². The van der Waals surface area contributed by atoms with Gasteiger partial charge in [0.15, 0.2) is 0 Å². The van der Waals surface area contributed by atoms with Crippen LogP contribution in [0.2, 0.25) is 0 Å². The first-order chi connectivity index (χ1) is 15.0. The van der Waals surface area contributed by atoms with Gasteiger partial charge in [-0.2, -0.15) is 9.59 Å². The molecule has 3 aromatic rings. The van der Waals surface area contributed by atoms with Crippen LogP contribution in [0.1, 0.15) is 50.3 Å². The van der Waals surface area contributed by atoms with E-state index in [4.69, 9.17) is 9.59 Å². The van der Waals surface area contributed by atoms with Crippen LogP contribution in [0.5, 0.6) is 0 Å². The number of aliphatic carboxylic acids is 1. The lowest BCUT2D eigenvalue weighted by molar-refractivity contribution is -0.191. The fraction of sp³-hybridized carbons (Fsp3) is 0.391. The molecule has 178 valence electrons. The lowest BCUT2D eigenvalue weighted by Crippen LogP contribution is -2.52. The van der Waals surface area contributed by atoms with Crippen LogP contribution in [-0.4, -0.2) is 31.5 Å². The summed E-state index contributed by atoms with van der Waals surface area (Å²) in [5, 5.41) is 20.7. The number of fused-ring (bicyclic) bond motifs is 1. The maximum Gasteiger partial charge on any atom is 0.373 e. The van der Waals surface area contributed by atoms with Crippen LogP contribution in [0, 0.1) is 6.92 Å². The Morgan fingerprint density at radius 2 is 1.73 bits per heavy atom. The Balaban J connectivity index is 0.00000129. The van der Waals surface area contributed by atoms with Crippen molar-refractivity contribution in [3.05, 3.63) is 67.2 Å². The smallest absolute Gasteiger partial charge is 0.373 e. The summed E-state index contributed by atoms with van der Waals surface area (Å²) < 4.78 is 2.12. The lowest BCUT2D eigenvalue weighted by Gasteiger charge is -2.24. The van der Waals surface area contributed by atoms with E-state index in [0.717, 1.165) is 15.0 Å². The predicted molar refractivity (Wildman–Crippen MR) is 125 cm³/mol. The molecule has 0 saturated carbocycles. The number of carboxylic acid groups (broad SMARTS) is 1. The van der Waals surface area contributed by atoms with Crippen molar-refractivity contribution in [3.63, 3.8) is 0 Å². The van der Waals surface area contributed by atoms with Crippen LogP contribution in [-0.2, 0) is 32.9 Å². The highest BCUT2D eigenvalue weighted by atomic mass is 32.1. The Labute approximate surface area is 194 Å². The molecule has 0 spiro atoms. The average Bonchev–Trinajstić information content (AvgIpc) is 3.08. The number of carboxylic acids is 1. The molecule has 1 atom stereocenters. The number of nitrogens with zero attached hydrogens (tertiary/aromatic N) is 2. The van der Waals surface area contributed by atoms with Gasteiger partial charge >= 0.3 is 17.8 Å². The third-order valence-corrected chi connectivity index (χ3v) is 6.71. The maximum atomic E-state index is 13.3. The van der Waals surface area contributed by atoms with Gasteiger partial charge in [0.2, 0.25) is 0 Å². The fourth-order valence-electron chi connectivity index (χ4n) is 3.43. The van der Waals surface area contributed by atoms with Crippen molar-refractivity contribution in [2.24, 2.45) is 0 Å². The van der Waals surface area contributed by atoms with E-state index in [0.29, 0.717) is 22.2 Å². The number of thiophene rings is 1. The molecule has 0 radical (unpaired) electrons. The highest BCUT2D eigenvalue weighted by molar-refractivity contribution is 7.18. The zero-order valence-electron chi connectivity index (χ0n) is 18.1. The number of aliphatic hydroxyl groups excluding tert-OH is 1. The molecule has 0 aliphatic heterocycles. The highest BCUT2D eigenvalue weighted by Gasteiger charge is 2.35. The Kier molecular flexibility index (Phi) is 9.24. The van der Waals surface area contributed by atoms with Crippen molar-refractivity contribution < 1.29 is 24.6 Å². The second-order valence-corrected chi connectivity index (χ2v) is 8.68. The number of aliphatic hydroxyl groups is 1. The molecule has 0 fully saturated rings. The van der Waals surface area contributed by atoms with E-state index in [9.17, 15) is 24.6 Å². The van der Waals surface area contributed by atoms with E-state index in [1.54, 1.807) is 31.2 Å². The minimum absolute atomic E-state index is 0. The van der Waals surface area contributed by atoms with E-state index in [-0.39, 0.29) is 20.1 Å². The van der Waals surface area contributed by atoms with E-state index < -0.39 is 28.9 Å². The monoisotopic (exact) mass is 476 g/mol. The quantitative estimate of drug-likeness (QED) is 0.558. The molecule has 0 aliphatic rings. The van der Waals surface area contributed by atoms with E-state index >= 15 is 0 Å². The van der Waals surface area contributed by atoms with Gasteiger partial charge in [0.05, 0.1) is 18.0 Å². The minimum Gasteiger partial charge on any atom is -0.480 e. The van der Waals surface area contributed by atoms with Gasteiger partial charge in [0.1, 0.15) is 10.4 Å². The summed E-state index contributed by atoms with van der Waals surface area (Å²) in [7, 11) is 0. The van der Waals surface area contributed by atoms with Crippen LogP contribution in [0.25, 0.3) is 10.2 Å². The van der Waals surface area contributed by atoms with Gasteiger partial charge in [-0.25, -0.2) is 14.2 Å². The Bertz CT molecular complexity index is 1280. The van der Waals surface area contributed by atoms with Gasteiger partial charge in [-0.1, -0.05) is 44.7 Å². The van der Waals surface area contributed by atoms with Crippen LogP contribution in [0.15, 0.2) is 39.9 Å². The lowest BCUT2D eigenvalue weighted by atomic mass is 10.1. The van der Waals surface area contributed by atoms with Crippen LogP contribution >= 0.6 is 11.3 Å². The van der Waals surface area contributed by atoms with Crippen molar-refractivity contribution in [1.29, 1.82) is 0 Å². The summed E-state index contributed by atoms with van der Waals surface area (Å²) in [5.41, 5.74) is -1.71. The molecule has 2 N–H and O–H groups in total. The normalized spacial score (nSPS) is 11.7. The number of aryl methyl sites for hydroxylation is 2. The van der Waals surface area contributed by atoms with Gasteiger partial charge < -0.3 is 10.2 Å². The molecule has 9 nitrogen and oxygen atoms in total. The van der Waals surface area contributed by atoms with Crippen LogP contribution in [0.4, 0.5) is 0 Å². The minimum atomic E-state index is -1.73. The van der Waals surface area contributed by atoms with Crippen LogP contribution in [0.3, 0.4) is 0 Å². The second-order valence-electron chi connectivity index (χ2n) is 7.59. The molecule has 3 rings (SSSR count). The predicted octanol–water partition coefficient (Wildman–Crippen LogP) is 2.70. The highest BCUT2D eigenvalue weighted by Crippen LogP contribution is 2.30. The van der Waals surface area contributed by atoms with Crippen molar-refractivity contribution in [3.8, 4) is 0 Å². The summed E-state index contributed by atoms with van der Waals surface area (Å²) in [6, 6.07) is 8.90. The van der Waals surface area contributed by atoms with E-state index in [2.05, 4.69) is 0 Å². The fourth-order valence-corrected chi connectivity index (χ4v) is 4.67. The first-order valence-corrected chi connectivity index (χ1v) is 10.6. The molecule has 2 heterocycles. The van der Waals surface area contributed by atoms with E-state index in [1.165, 1.54) is 29.8 Å². The summed E-state index contributed by atoms with van der Waals surface area (Å²) in [6.45, 7) is 6.32. The van der Waals surface area contributed by atoms with Crippen molar-refractivity contribution in [1.82, 2.24) is 9.13 Å². The molecular formula is C23H28N2O7S. The second kappa shape index (κ2) is 11.0. The Morgan fingerprint density at radius 1 is 1.18 bits per heavy atom. The number of carbonyl (C=O) groups is 1. The summed E-state index contributed by atoms with van der Waals surface area (Å²) in [4.78, 5) is 55.9. The van der Waals surface area contributed by atoms with Crippen LogP contribution < -0.4 is 11.2 Å². The van der Waals surface area contributed by atoms with Crippen molar-refractivity contribution in [2.75, 3.05) is 0 Å². The summed E-state index contributed by atoms with van der Waals surface area (Å²) in [5.74, 6) is -1.28. The molecule has 0 unspecified atom stereocenters. The van der Waals surface area contributed by atoms with Gasteiger partial charge in [0, 0.05) is 4.88 Å². The van der Waals surface area contributed by atoms with Gasteiger partial charge in [-0.15, -0.1) is 11.3 Å². The Hall–Kier alpha value is -3.33. The van der Waals surface area contributed by atoms with Crippen molar-refractivity contribution >= 4 is 33.7 Å². The molecular weight excluding hydrogens is 448 g/mol. The molecule has 0 aliphatic carbocycles. The molecule has 0 saturated heterocycles. The zero-order valence-corrected chi connectivity index (χ0v) is 18.9.